The summed E-state index contributed by atoms with van der Waals surface area (Å²) in [6.07, 6.45) is -0.0226. The number of fused-ring (bicyclic) bond motifs is 1. The van der Waals surface area contributed by atoms with Crippen LogP contribution in [-0.4, -0.2) is 12.9 Å². The monoisotopic (exact) mass is 293 g/mol. The number of rotatable bonds is 3. The van der Waals surface area contributed by atoms with E-state index in [1.165, 1.54) is 0 Å². The van der Waals surface area contributed by atoms with Crippen LogP contribution in [0.25, 0.3) is 5.57 Å². The third-order valence-corrected chi connectivity index (χ3v) is 4.19. The summed E-state index contributed by atoms with van der Waals surface area (Å²) >= 11 is 0. The van der Waals surface area contributed by atoms with Crippen molar-refractivity contribution in [2.75, 3.05) is 12.4 Å². The molecule has 1 N–H and O–H groups in total. The first-order chi connectivity index (χ1) is 10.6. The van der Waals surface area contributed by atoms with Crippen molar-refractivity contribution in [2.24, 2.45) is 0 Å². The van der Waals surface area contributed by atoms with Crippen molar-refractivity contribution in [3.8, 4) is 0 Å². The van der Waals surface area contributed by atoms with Crippen LogP contribution in [0.3, 0.4) is 0 Å². The number of anilines is 1. The summed E-state index contributed by atoms with van der Waals surface area (Å²) in [5, 5.41) is 3.26. The first-order valence-corrected chi connectivity index (χ1v) is 7.37. The number of benzene rings is 2. The van der Waals surface area contributed by atoms with E-state index in [2.05, 4.69) is 5.32 Å². The Hall–Kier alpha value is -2.39. The van der Waals surface area contributed by atoms with E-state index in [4.69, 9.17) is 4.74 Å². The lowest BCUT2D eigenvalue weighted by atomic mass is 9.95. The van der Waals surface area contributed by atoms with E-state index in [0.717, 1.165) is 28.0 Å². The van der Waals surface area contributed by atoms with Gasteiger partial charge in [0.1, 0.15) is 0 Å². The van der Waals surface area contributed by atoms with E-state index in [1.54, 1.807) is 7.11 Å². The summed E-state index contributed by atoms with van der Waals surface area (Å²) in [6, 6.07) is 15.6. The molecule has 0 radical (unpaired) electrons. The van der Waals surface area contributed by atoms with Gasteiger partial charge in [-0.2, -0.15) is 0 Å². The number of carbonyl (C=O) groups is 1. The Bertz CT molecular complexity index is 762. The molecule has 0 fully saturated rings. The van der Waals surface area contributed by atoms with Gasteiger partial charge in [-0.3, -0.25) is 4.79 Å². The van der Waals surface area contributed by atoms with Gasteiger partial charge in [-0.05, 0) is 42.7 Å². The minimum atomic E-state index is -0.0226. The number of methoxy groups -OCH3 is 1. The Morgan fingerprint density at radius 3 is 2.50 bits per heavy atom. The first-order valence-electron chi connectivity index (χ1n) is 7.37. The number of hydrogen-bond acceptors (Lipinski definition) is 3. The molecule has 0 saturated heterocycles. The van der Waals surface area contributed by atoms with Crippen LogP contribution >= 0.6 is 0 Å². The number of ketones is 1. The zero-order valence-corrected chi connectivity index (χ0v) is 13.0. The van der Waals surface area contributed by atoms with E-state index >= 15 is 0 Å². The number of ether oxygens (including phenoxy) is 1. The molecule has 3 heteroatoms. The average Bonchev–Trinajstić information content (AvgIpc) is 2.91. The molecule has 22 heavy (non-hydrogen) atoms. The molecule has 2 aromatic carbocycles. The maximum absolute atomic E-state index is 12.6. The lowest BCUT2D eigenvalue weighted by Gasteiger charge is -2.16. The van der Waals surface area contributed by atoms with Gasteiger partial charge in [0.15, 0.2) is 0 Å². The highest BCUT2D eigenvalue weighted by Gasteiger charge is 2.27. The fourth-order valence-electron chi connectivity index (χ4n) is 2.83. The molecule has 3 rings (SSSR count). The largest absolute Gasteiger partial charge is 0.377 e. The van der Waals surface area contributed by atoms with E-state index in [1.807, 2.05) is 62.4 Å². The van der Waals surface area contributed by atoms with Gasteiger partial charge in [0.25, 0.3) is 0 Å². The molecule has 0 aliphatic carbocycles. The normalized spacial score (nSPS) is 17.0. The van der Waals surface area contributed by atoms with Gasteiger partial charge < -0.3 is 10.1 Å². The second kappa shape index (κ2) is 5.78. The average molecular weight is 293 g/mol. The third-order valence-electron chi connectivity index (χ3n) is 4.19. The fourth-order valence-corrected chi connectivity index (χ4v) is 2.83. The molecule has 1 unspecified atom stereocenters. The van der Waals surface area contributed by atoms with Gasteiger partial charge in [0.05, 0.1) is 11.8 Å². The standard InChI is InChI=1S/C19H19NO2/c1-12(14-8-4-5-9-15(14)13(2)22-3)18-19(21)16-10-6-7-11-17(16)20-18/h4-11,13,20H,1-3H3/b18-12+. The summed E-state index contributed by atoms with van der Waals surface area (Å²) in [5.74, 6) is 0.0490. The second-order valence-electron chi connectivity index (χ2n) is 5.46. The van der Waals surface area contributed by atoms with Gasteiger partial charge in [-0.1, -0.05) is 36.4 Å². The van der Waals surface area contributed by atoms with Crippen molar-refractivity contribution in [3.05, 3.63) is 70.9 Å². The van der Waals surface area contributed by atoms with Crippen LogP contribution in [0.1, 0.15) is 41.4 Å². The summed E-state index contributed by atoms with van der Waals surface area (Å²) in [7, 11) is 1.69. The molecule has 0 saturated carbocycles. The lowest BCUT2D eigenvalue weighted by Crippen LogP contribution is -2.06. The number of para-hydroxylation sites is 1. The van der Waals surface area contributed by atoms with Gasteiger partial charge in [0.2, 0.25) is 5.78 Å². The number of hydrogen-bond donors (Lipinski definition) is 1. The summed E-state index contributed by atoms with van der Waals surface area (Å²) in [6.45, 7) is 3.99. The summed E-state index contributed by atoms with van der Waals surface area (Å²) in [5.41, 5.74) is 5.33. The predicted molar refractivity (Wildman–Crippen MR) is 88.9 cm³/mol. The fraction of sp³-hybridized carbons (Fsp3) is 0.211. The Kier molecular flexibility index (Phi) is 3.82. The molecular weight excluding hydrogens is 274 g/mol. The highest BCUT2D eigenvalue weighted by molar-refractivity contribution is 6.21. The molecule has 1 aliphatic heterocycles. The van der Waals surface area contributed by atoms with E-state index in [0.29, 0.717) is 5.70 Å². The van der Waals surface area contributed by atoms with Crippen LogP contribution in [0.5, 0.6) is 0 Å². The number of carbonyl (C=O) groups excluding carboxylic acids is 1. The Morgan fingerprint density at radius 2 is 1.77 bits per heavy atom. The third kappa shape index (κ3) is 2.34. The molecule has 1 aliphatic rings. The van der Waals surface area contributed by atoms with Crippen LogP contribution in [0.4, 0.5) is 5.69 Å². The smallest absolute Gasteiger partial charge is 0.211 e. The first kappa shape index (κ1) is 14.5. The molecular formula is C19H19NO2. The molecule has 1 atom stereocenters. The maximum Gasteiger partial charge on any atom is 0.211 e. The molecule has 3 nitrogen and oxygen atoms in total. The topological polar surface area (TPSA) is 38.3 Å². The van der Waals surface area contributed by atoms with Gasteiger partial charge in [0, 0.05) is 18.4 Å². The van der Waals surface area contributed by atoms with Crippen molar-refractivity contribution in [1.29, 1.82) is 0 Å². The number of nitrogens with one attached hydrogen (secondary N) is 1. The minimum absolute atomic E-state index is 0.0226. The summed E-state index contributed by atoms with van der Waals surface area (Å²) < 4.78 is 5.45. The van der Waals surface area contributed by atoms with Crippen molar-refractivity contribution < 1.29 is 9.53 Å². The Labute approximate surface area is 130 Å². The van der Waals surface area contributed by atoms with Crippen molar-refractivity contribution in [3.63, 3.8) is 0 Å². The highest BCUT2D eigenvalue weighted by atomic mass is 16.5. The Balaban J connectivity index is 2.09. The minimum Gasteiger partial charge on any atom is -0.377 e. The lowest BCUT2D eigenvalue weighted by molar-refractivity contribution is 0.104. The predicted octanol–water partition coefficient (Wildman–Crippen LogP) is 4.43. The Morgan fingerprint density at radius 1 is 1.09 bits per heavy atom. The number of Topliss-reactive ketones (excluding diaryl/α,β-unsaturated/α-hetero) is 1. The van der Waals surface area contributed by atoms with Crippen LogP contribution in [-0.2, 0) is 4.74 Å². The SMILES string of the molecule is COC(C)c1ccccc1/C(C)=C1/Nc2ccccc2C1=O. The zero-order chi connectivity index (χ0) is 15.7. The van der Waals surface area contributed by atoms with Crippen molar-refractivity contribution in [1.82, 2.24) is 0 Å². The van der Waals surface area contributed by atoms with Gasteiger partial charge in [-0.25, -0.2) is 0 Å². The van der Waals surface area contributed by atoms with E-state index in [-0.39, 0.29) is 11.9 Å². The van der Waals surface area contributed by atoms with Crippen LogP contribution in [0, 0.1) is 0 Å². The second-order valence-corrected chi connectivity index (χ2v) is 5.46. The van der Waals surface area contributed by atoms with Crippen molar-refractivity contribution in [2.45, 2.75) is 20.0 Å². The van der Waals surface area contributed by atoms with Crippen molar-refractivity contribution >= 4 is 17.0 Å². The van der Waals surface area contributed by atoms with E-state index in [9.17, 15) is 4.79 Å². The molecule has 0 amide bonds. The molecule has 1 heterocycles. The zero-order valence-electron chi connectivity index (χ0n) is 13.0. The number of allylic oxidation sites excluding steroid dienone is 2. The van der Waals surface area contributed by atoms with Gasteiger partial charge in [-0.15, -0.1) is 0 Å². The van der Waals surface area contributed by atoms with Crippen LogP contribution in [0.15, 0.2) is 54.2 Å². The molecule has 0 aromatic heterocycles. The molecule has 0 bridgehead atoms. The van der Waals surface area contributed by atoms with E-state index < -0.39 is 0 Å². The highest BCUT2D eigenvalue weighted by Crippen LogP contribution is 2.34. The molecule has 0 spiro atoms. The van der Waals surface area contributed by atoms with Crippen LogP contribution in [0.2, 0.25) is 0 Å². The summed E-state index contributed by atoms with van der Waals surface area (Å²) in [4.78, 5) is 12.6. The quantitative estimate of drug-likeness (QED) is 0.851. The molecule has 112 valence electrons. The maximum atomic E-state index is 12.6. The van der Waals surface area contributed by atoms with Crippen LogP contribution < -0.4 is 5.32 Å². The molecule has 2 aromatic rings. The van der Waals surface area contributed by atoms with Gasteiger partial charge >= 0.3 is 0 Å².